The number of nitrogens with zero attached hydrogens (tertiary/aromatic N) is 1. The Bertz CT molecular complexity index is 636. The Hall–Kier alpha value is -1.61. The van der Waals surface area contributed by atoms with Crippen molar-refractivity contribution in [1.29, 1.82) is 0 Å². The van der Waals surface area contributed by atoms with Crippen molar-refractivity contribution >= 4 is 5.78 Å². The van der Waals surface area contributed by atoms with Crippen LogP contribution in [0.1, 0.15) is 43.7 Å². The first kappa shape index (κ1) is 14.0. The van der Waals surface area contributed by atoms with E-state index in [1.807, 2.05) is 0 Å². The maximum Gasteiger partial charge on any atom is 0.157 e. The predicted molar refractivity (Wildman–Crippen MR) is 86.1 cm³/mol. The third kappa shape index (κ3) is 1.95. The normalized spacial score (nSPS) is 31.8. The summed E-state index contributed by atoms with van der Waals surface area (Å²) in [4.78, 5) is 14.4. The van der Waals surface area contributed by atoms with Crippen LogP contribution in [0.3, 0.4) is 0 Å². The van der Waals surface area contributed by atoms with E-state index in [9.17, 15) is 4.79 Å². The summed E-state index contributed by atoms with van der Waals surface area (Å²) in [6.07, 6.45) is 7.96. The van der Waals surface area contributed by atoms with Gasteiger partial charge in [-0.2, -0.15) is 0 Å². The zero-order valence-corrected chi connectivity index (χ0v) is 13.2. The van der Waals surface area contributed by atoms with Crippen LogP contribution in [-0.4, -0.2) is 29.9 Å². The molecule has 2 bridgehead atoms. The molecule has 3 unspecified atom stereocenters. The van der Waals surface area contributed by atoms with Crippen LogP contribution in [0.5, 0.6) is 5.75 Å². The van der Waals surface area contributed by atoms with Crippen LogP contribution < -0.4 is 4.74 Å². The first-order valence-electron chi connectivity index (χ1n) is 8.46. The van der Waals surface area contributed by atoms with Crippen molar-refractivity contribution in [3.05, 3.63) is 41.5 Å². The number of ketones is 1. The fourth-order valence-electron chi connectivity index (χ4n) is 4.45. The molecule has 3 nitrogen and oxygen atoms in total. The second kappa shape index (κ2) is 5.24. The average Bonchev–Trinajstić information content (AvgIpc) is 2.78. The highest BCUT2D eigenvalue weighted by atomic mass is 16.5. The zero-order chi connectivity index (χ0) is 15.2. The molecular weight excluding hydrogens is 274 g/mol. The van der Waals surface area contributed by atoms with Crippen molar-refractivity contribution in [3.63, 3.8) is 0 Å². The van der Waals surface area contributed by atoms with Crippen LogP contribution in [0.2, 0.25) is 0 Å². The van der Waals surface area contributed by atoms with Crippen molar-refractivity contribution < 1.29 is 9.53 Å². The molecule has 4 rings (SSSR count). The Morgan fingerprint density at radius 2 is 2.32 bits per heavy atom. The summed E-state index contributed by atoms with van der Waals surface area (Å²) < 4.78 is 6.13. The Balaban J connectivity index is 1.80. The fraction of sp³-hybridized carbons (Fsp3) is 0.526. The van der Waals surface area contributed by atoms with E-state index in [4.69, 9.17) is 4.74 Å². The Morgan fingerprint density at radius 3 is 3.18 bits per heavy atom. The molecule has 2 heterocycles. The van der Waals surface area contributed by atoms with E-state index < -0.39 is 0 Å². The summed E-state index contributed by atoms with van der Waals surface area (Å²) in [5, 5.41) is 0. The lowest BCUT2D eigenvalue weighted by Crippen LogP contribution is -2.48. The molecule has 116 valence electrons. The van der Waals surface area contributed by atoms with Gasteiger partial charge in [-0.3, -0.25) is 9.69 Å². The largest absolute Gasteiger partial charge is 0.493 e. The minimum Gasteiger partial charge on any atom is -0.493 e. The molecule has 2 aliphatic heterocycles. The minimum absolute atomic E-state index is 0.00962. The van der Waals surface area contributed by atoms with Crippen LogP contribution in [0.4, 0.5) is 0 Å². The third-order valence-electron chi connectivity index (χ3n) is 5.52. The summed E-state index contributed by atoms with van der Waals surface area (Å²) in [7, 11) is 0. The molecular formula is C19H23NO2. The summed E-state index contributed by atoms with van der Waals surface area (Å²) in [5.74, 6) is 1.30. The summed E-state index contributed by atoms with van der Waals surface area (Å²) in [6, 6.07) is 6.77. The smallest absolute Gasteiger partial charge is 0.157 e. The van der Waals surface area contributed by atoms with Crippen LogP contribution in [0.15, 0.2) is 30.4 Å². The number of allylic oxidation sites excluding steroid dienone is 1. The number of hydrogen-bond donors (Lipinski definition) is 0. The highest BCUT2D eigenvalue weighted by Crippen LogP contribution is 2.53. The Labute approximate surface area is 132 Å². The van der Waals surface area contributed by atoms with E-state index in [-0.39, 0.29) is 11.2 Å². The molecule has 0 saturated carbocycles. The maximum atomic E-state index is 11.9. The molecule has 3 heteroatoms. The first-order valence-corrected chi connectivity index (χ1v) is 8.46. The van der Waals surface area contributed by atoms with Gasteiger partial charge in [0.2, 0.25) is 0 Å². The zero-order valence-electron chi connectivity index (χ0n) is 13.2. The van der Waals surface area contributed by atoms with Crippen molar-refractivity contribution in [1.82, 2.24) is 4.90 Å². The van der Waals surface area contributed by atoms with Crippen LogP contribution in [0.25, 0.3) is 0 Å². The summed E-state index contributed by atoms with van der Waals surface area (Å²) in [5.41, 5.74) is 2.72. The third-order valence-corrected chi connectivity index (χ3v) is 5.52. The molecule has 0 radical (unpaired) electrons. The average molecular weight is 297 g/mol. The molecule has 1 aromatic carbocycles. The number of carbonyl (C=O) groups is 1. The van der Waals surface area contributed by atoms with Gasteiger partial charge in [0.25, 0.3) is 0 Å². The molecule has 3 atom stereocenters. The number of unbranched alkanes of at least 4 members (excludes halogenated alkanes) is 1. The number of ether oxygens (including phenoxy) is 1. The lowest BCUT2D eigenvalue weighted by molar-refractivity contribution is -0.116. The van der Waals surface area contributed by atoms with Crippen LogP contribution >= 0.6 is 0 Å². The second-order valence-corrected chi connectivity index (χ2v) is 6.77. The standard InChI is InChI=1S/C19H23NO2/c1-2-3-11-22-16-6-4-5-14-13-20-10-9-19(18(14)16)8-7-15(21)12-17(19)20/h4-8,17H,2-3,9-13H2,1H3. The van der Waals surface area contributed by atoms with Gasteiger partial charge in [-0.15, -0.1) is 0 Å². The van der Waals surface area contributed by atoms with E-state index in [0.29, 0.717) is 12.5 Å². The molecule has 0 amide bonds. The monoisotopic (exact) mass is 297 g/mol. The summed E-state index contributed by atoms with van der Waals surface area (Å²) in [6.45, 7) is 4.99. The predicted octanol–water partition coefficient (Wildman–Crippen LogP) is 3.22. The van der Waals surface area contributed by atoms with E-state index in [1.54, 1.807) is 6.08 Å². The molecule has 0 N–H and O–H groups in total. The highest BCUT2D eigenvalue weighted by molar-refractivity contribution is 5.92. The molecule has 1 fully saturated rings. The van der Waals surface area contributed by atoms with E-state index in [0.717, 1.165) is 44.7 Å². The Kier molecular flexibility index (Phi) is 3.33. The van der Waals surface area contributed by atoms with Gasteiger partial charge in [-0.1, -0.05) is 31.6 Å². The molecule has 1 aromatic rings. The highest BCUT2D eigenvalue weighted by Gasteiger charge is 2.54. The van der Waals surface area contributed by atoms with Gasteiger partial charge >= 0.3 is 0 Å². The SMILES string of the molecule is CCCCOc1cccc2c1C13C=CC(=O)CC1N(CC3)C2. The number of hydrogen-bond acceptors (Lipinski definition) is 3. The van der Waals surface area contributed by atoms with Crippen LogP contribution in [0, 0.1) is 0 Å². The van der Waals surface area contributed by atoms with E-state index >= 15 is 0 Å². The second-order valence-electron chi connectivity index (χ2n) is 6.77. The molecule has 0 spiro atoms. The number of fused-ring (bicyclic) bond motifs is 1. The van der Waals surface area contributed by atoms with Gasteiger partial charge in [0, 0.05) is 36.5 Å². The topological polar surface area (TPSA) is 29.5 Å². The lowest BCUT2D eigenvalue weighted by Gasteiger charge is -2.44. The van der Waals surface area contributed by atoms with E-state index in [2.05, 4.69) is 36.1 Å². The van der Waals surface area contributed by atoms with Gasteiger partial charge in [0.15, 0.2) is 5.78 Å². The molecule has 22 heavy (non-hydrogen) atoms. The minimum atomic E-state index is -0.00962. The van der Waals surface area contributed by atoms with Crippen molar-refractivity contribution in [2.24, 2.45) is 0 Å². The Morgan fingerprint density at radius 1 is 1.41 bits per heavy atom. The molecule has 3 aliphatic rings. The number of carbonyl (C=O) groups excluding carboxylic acids is 1. The van der Waals surface area contributed by atoms with Gasteiger partial charge in [0.05, 0.1) is 6.61 Å². The van der Waals surface area contributed by atoms with Crippen molar-refractivity contribution in [3.8, 4) is 5.75 Å². The van der Waals surface area contributed by atoms with Gasteiger partial charge < -0.3 is 4.74 Å². The fourth-order valence-corrected chi connectivity index (χ4v) is 4.45. The van der Waals surface area contributed by atoms with Crippen molar-refractivity contribution in [2.75, 3.05) is 13.2 Å². The van der Waals surface area contributed by atoms with Gasteiger partial charge in [-0.05, 0) is 30.5 Å². The molecule has 0 aromatic heterocycles. The molecule has 1 aliphatic carbocycles. The maximum absolute atomic E-state index is 11.9. The van der Waals surface area contributed by atoms with Crippen molar-refractivity contribution in [2.45, 2.75) is 50.6 Å². The van der Waals surface area contributed by atoms with Gasteiger partial charge in [0.1, 0.15) is 5.75 Å². The first-order chi connectivity index (χ1) is 10.7. The van der Waals surface area contributed by atoms with Gasteiger partial charge in [-0.25, -0.2) is 0 Å². The number of rotatable bonds is 4. The van der Waals surface area contributed by atoms with Crippen LogP contribution in [-0.2, 0) is 16.8 Å². The lowest BCUT2D eigenvalue weighted by atomic mass is 9.66. The number of benzene rings is 1. The summed E-state index contributed by atoms with van der Waals surface area (Å²) >= 11 is 0. The quantitative estimate of drug-likeness (QED) is 0.799. The van der Waals surface area contributed by atoms with E-state index in [1.165, 1.54) is 11.1 Å². The molecule has 1 saturated heterocycles.